The summed E-state index contributed by atoms with van der Waals surface area (Å²) >= 11 is 3.48. The number of rotatable bonds is 2. The van der Waals surface area contributed by atoms with Gasteiger partial charge in [0.05, 0.1) is 0 Å². The predicted octanol–water partition coefficient (Wildman–Crippen LogP) is 2.37. The summed E-state index contributed by atoms with van der Waals surface area (Å²) in [6, 6.07) is 5.76. The van der Waals surface area contributed by atoms with Crippen LogP contribution in [0.3, 0.4) is 0 Å². The second-order valence-corrected chi connectivity index (χ2v) is 4.27. The molecule has 16 heavy (non-hydrogen) atoms. The van der Waals surface area contributed by atoms with Crippen LogP contribution in [0.15, 0.2) is 31.9 Å². The summed E-state index contributed by atoms with van der Waals surface area (Å²) in [6.45, 7) is 2.05. The molecule has 2 aromatic rings. The molecule has 2 rings (SSSR count). The molecule has 0 saturated carbocycles. The van der Waals surface area contributed by atoms with E-state index in [0.717, 1.165) is 22.0 Å². The minimum absolute atomic E-state index is 0.366. The molecule has 0 N–H and O–H groups in total. The lowest BCUT2D eigenvalue weighted by molar-refractivity contribution is 0.505. The van der Waals surface area contributed by atoms with Crippen molar-refractivity contribution < 1.29 is 4.42 Å². The van der Waals surface area contributed by atoms with Gasteiger partial charge >= 0.3 is 5.76 Å². The van der Waals surface area contributed by atoms with Gasteiger partial charge in [0.25, 0.3) is 0 Å². The molecule has 0 atom stereocenters. The highest BCUT2D eigenvalue weighted by Crippen LogP contribution is 2.27. The van der Waals surface area contributed by atoms with E-state index in [9.17, 15) is 4.79 Å². The van der Waals surface area contributed by atoms with Crippen LogP contribution in [-0.4, -0.2) is 9.78 Å². The van der Waals surface area contributed by atoms with E-state index in [1.165, 1.54) is 4.68 Å². The zero-order chi connectivity index (χ0) is 11.7. The normalized spacial score (nSPS) is 10.7. The highest BCUT2D eigenvalue weighted by molar-refractivity contribution is 9.10. The van der Waals surface area contributed by atoms with Gasteiger partial charge in [-0.1, -0.05) is 28.9 Å². The Labute approximate surface area is 101 Å². The Morgan fingerprint density at radius 1 is 1.50 bits per heavy atom. The molecule has 0 fully saturated rings. The third-order valence-corrected chi connectivity index (χ3v) is 3.13. The van der Waals surface area contributed by atoms with Gasteiger partial charge in [0.15, 0.2) is 0 Å². The Kier molecular flexibility index (Phi) is 2.96. The predicted molar refractivity (Wildman–Crippen MR) is 64.3 cm³/mol. The molecule has 1 aromatic carbocycles. The van der Waals surface area contributed by atoms with Crippen LogP contribution in [0.5, 0.6) is 0 Å². The monoisotopic (exact) mass is 282 g/mol. The quantitative estimate of drug-likeness (QED) is 0.850. The lowest BCUT2D eigenvalue weighted by Gasteiger charge is -2.05. The van der Waals surface area contributed by atoms with E-state index in [4.69, 9.17) is 4.42 Å². The van der Waals surface area contributed by atoms with Crippen LogP contribution < -0.4 is 5.76 Å². The number of hydrogen-bond donors (Lipinski definition) is 0. The molecular formula is C11H11BrN2O2. The molecule has 0 spiro atoms. The number of hydrogen-bond acceptors (Lipinski definition) is 3. The van der Waals surface area contributed by atoms with Crippen LogP contribution in [0.2, 0.25) is 0 Å². The molecule has 0 aliphatic carbocycles. The van der Waals surface area contributed by atoms with Gasteiger partial charge < -0.3 is 4.42 Å². The lowest BCUT2D eigenvalue weighted by Crippen LogP contribution is -2.09. The minimum atomic E-state index is -0.447. The van der Waals surface area contributed by atoms with Gasteiger partial charge in [-0.2, -0.15) is 4.68 Å². The van der Waals surface area contributed by atoms with Crippen molar-refractivity contribution in [1.82, 2.24) is 9.78 Å². The third-order valence-electron chi connectivity index (χ3n) is 2.39. The zero-order valence-corrected chi connectivity index (χ0v) is 10.6. The molecule has 0 aliphatic heterocycles. The van der Waals surface area contributed by atoms with Crippen molar-refractivity contribution in [1.29, 1.82) is 0 Å². The van der Waals surface area contributed by atoms with Crippen LogP contribution >= 0.6 is 15.9 Å². The van der Waals surface area contributed by atoms with Crippen molar-refractivity contribution in [3.63, 3.8) is 0 Å². The van der Waals surface area contributed by atoms with Crippen molar-refractivity contribution in [3.8, 4) is 11.5 Å². The van der Waals surface area contributed by atoms with Gasteiger partial charge in [0, 0.05) is 17.1 Å². The summed E-state index contributed by atoms with van der Waals surface area (Å²) in [5.74, 6) is -0.0809. The number of aryl methyl sites for hydroxylation is 1. The van der Waals surface area contributed by atoms with Crippen molar-refractivity contribution in [2.24, 2.45) is 7.05 Å². The molecule has 0 unspecified atom stereocenters. The average molecular weight is 283 g/mol. The SMILES string of the molecule is CCc1c(Br)cccc1-c1nn(C)c(=O)o1. The maximum absolute atomic E-state index is 11.2. The molecule has 0 saturated heterocycles. The second-order valence-electron chi connectivity index (χ2n) is 3.42. The maximum Gasteiger partial charge on any atom is 0.437 e. The van der Waals surface area contributed by atoms with E-state index in [0.29, 0.717) is 5.89 Å². The number of halogens is 1. The van der Waals surface area contributed by atoms with Crippen molar-refractivity contribution >= 4 is 15.9 Å². The fraction of sp³-hybridized carbons (Fsp3) is 0.273. The largest absolute Gasteiger partial charge is 0.437 e. The third kappa shape index (κ3) is 1.82. The summed E-state index contributed by atoms with van der Waals surface area (Å²) in [7, 11) is 1.57. The molecule has 5 heteroatoms. The molecule has 84 valence electrons. The van der Waals surface area contributed by atoms with Crippen molar-refractivity contribution in [2.75, 3.05) is 0 Å². The summed E-state index contributed by atoms with van der Waals surface area (Å²) in [5, 5.41) is 4.05. The second kappa shape index (κ2) is 4.25. The first kappa shape index (κ1) is 11.1. The van der Waals surface area contributed by atoms with E-state index in [1.807, 2.05) is 25.1 Å². The molecule has 0 radical (unpaired) electrons. The summed E-state index contributed by atoms with van der Waals surface area (Å²) < 4.78 is 7.26. The fourth-order valence-electron chi connectivity index (χ4n) is 1.57. The Hall–Kier alpha value is -1.36. The Balaban J connectivity index is 2.64. The fourth-order valence-corrected chi connectivity index (χ4v) is 2.22. The van der Waals surface area contributed by atoms with Gasteiger partial charge in [-0.25, -0.2) is 4.79 Å². The smallest absolute Gasteiger partial charge is 0.388 e. The highest BCUT2D eigenvalue weighted by Gasteiger charge is 2.13. The highest BCUT2D eigenvalue weighted by atomic mass is 79.9. The maximum atomic E-state index is 11.2. The van der Waals surface area contributed by atoms with Gasteiger partial charge in [-0.3, -0.25) is 0 Å². The van der Waals surface area contributed by atoms with Gasteiger partial charge in [-0.15, -0.1) is 5.10 Å². The van der Waals surface area contributed by atoms with Crippen molar-refractivity contribution in [3.05, 3.63) is 38.8 Å². The number of nitrogens with zero attached hydrogens (tertiary/aromatic N) is 2. The van der Waals surface area contributed by atoms with E-state index in [1.54, 1.807) is 7.05 Å². The first-order valence-electron chi connectivity index (χ1n) is 4.95. The van der Waals surface area contributed by atoms with Crippen LogP contribution in [0.25, 0.3) is 11.5 Å². The van der Waals surface area contributed by atoms with E-state index in [-0.39, 0.29) is 0 Å². The zero-order valence-electron chi connectivity index (χ0n) is 9.03. The molecule has 4 nitrogen and oxygen atoms in total. The summed E-state index contributed by atoms with van der Waals surface area (Å²) in [5.41, 5.74) is 1.94. The molecule has 1 heterocycles. The van der Waals surface area contributed by atoms with Crippen molar-refractivity contribution in [2.45, 2.75) is 13.3 Å². The topological polar surface area (TPSA) is 48.0 Å². The molecule has 1 aromatic heterocycles. The Morgan fingerprint density at radius 3 is 2.81 bits per heavy atom. The summed E-state index contributed by atoms with van der Waals surface area (Å²) in [4.78, 5) is 11.2. The minimum Gasteiger partial charge on any atom is -0.388 e. The molecular weight excluding hydrogens is 272 g/mol. The van der Waals surface area contributed by atoms with Crippen LogP contribution in [0, 0.1) is 0 Å². The molecule has 0 amide bonds. The lowest BCUT2D eigenvalue weighted by atomic mass is 10.1. The first-order valence-corrected chi connectivity index (χ1v) is 5.74. The Bertz CT molecular complexity index is 572. The van der Waals surface area contributed by atoms with Crippen LogP contribution in [-0.2, 0) is 13.5 Å². The number of benzene rings is 1. The van der Waals surface area contributed by atoms with Gasteiger partial charge in [0.2, 0.25) is 5.89 Å². The van der Waals surface area contributed by atoms with Gasteiger partial charge in [-0.05, 0) is 24.1 Å². The van der Waals surface area contributed by atoms with E-state index in [2.05, 4.69) is 21.0 Å². The van der Waals surface area contributed by atoms with Gasteiger partial charge in [0.1, 0.15) is 0 Å². The molecule has 0 bridgehead atoms. The van der Waals surface area contributed by atoms with Crippen LogP contribution in [0.1, 0.15) is 12.5 Å². The van der Waals surface area contributed by atoms with E-state index >= 15 is 0 Å². The summed E-state index contributed by atoms with van der Waals surface area (Å²) in [6.07, 6.45) is 0.844. The average Bonchev–Trinajstić information content (AvgIpc) is 2.59. The molecule has 0 aliphatic rings. The Morgan fingerprint density at radius 2 is 2.25 bits per heavy atom. The standard InChI is InChI=1S/C11H11BrN2O2/c1-3-7-8(5-4-6-9(7)12)10-13-14(2)11(15)16-10/h4-6H,3H2,1-2H3. The van der Waals surface area contributed by atoms with Crippen LogP contribution in [0.4, 0.5) is 0 Å². The first-order chi connectivity index (χ1) is 7.63. The number of aromatic nitrogens is 2. The van der Waals surface area contributed by atoms with E-state index < -0.39 is 5.76 Å².